The first-order valence-electron chi connectivity index (χ1n) is 19.0. The summed E-state index contributed by atoms with van der Waals surface area (Å²) < 4.78 is 6.10. The Kier molecular flexibility index (Phi) is 9.03. The lowest BCUT2D eigenvalue weighted by Gasteiger charge is -2.42. The Morgan fingerprint density at radius 2 is 1.86 bits per heavy atom. The summed E-state index contributed by atoms with van der Waals surface area (Å²) in [5.41, 5.74) is 3.21. The number of amides is 1. The fraction of sp³-hybridized carbons (Fsp3) is 0.684. The van der Waals surface area contributed by atoms with Crippen molar-refractivity contribution in [3.05, 3.63) is 29.5 Å². The molecule has 0 radical (unpaired) electrons. The molecule has 2 saturated heterocycles. The highest BCUT2D eigenvalue weighted by Gasteiger charge is 2.45. The topological polar surface area (TPSA) is 116 Å². The van der Waals surface area contributed by atoms with Gasteiger partial charge in [0.1, 0.15) is 17.5 Å². The van der Waals surface area contributed by atoms with E-state index in [1.807, 2.05) is 19.1 Å². The van der Waals surface area contributed by atoms with E-state index < -0.39 is 0 Å². The second-order valence-electron chi connectivity index (χ2n) is 15.7. The lowest BCUT2D eigenvalue weighted by Crippen LogP contribution is -2.54. The predicted octanol–water partition coefficient (Wildman–Crippen LogP) is 4.62. The number of hydrogen-bond acceptors (Lipinski definition) is 10. The molecule has 2 saturated carbocycles. The first-order valence-corrected chi connectivity index (χ1v) is 19.0. The normalized spacial score (nSPS) is 28.8. The fourth-order valence-corrected chi connectivity index (χ4v) is 9.17. The van der Waals surface area contributed by atoms with Gasteiger partial charge in [0.05, 0.1) is 18.5 Å². The number of ketones is 1. The minimum absolute atomic E-state index is 0.0582. The van der Waals surface area contributed by atoms with Gasteiger partial charge in [-0.2, -0.15) is 4.98 Å². The van der Waals surface area contributed by atoms with Crippen LogP contribution in [0.4, 0.5) is 23.1 Å². The van der Waals surface area contributed by atoms with Crippen molar-refractivity contribution in [1.82, 2.24) is 25.1 Å². The molecule has 6 aliphatic rings. The highest BCUT2D eigenvalue weighted by atomic mass is 16.5. The molecule has 11 nitrogen and oxygen atoms in total. The summed E-state index contributed by atoms with van der Waals surface area (Å²) in [6, 6.07) is 5.20. The number of hydrogen-bond donors (Lipinski definition) is 2. The molecule has 1 amide bonds. The Morgan fingerprint density at radius 1 is 1.08 bits per heavy atom. The Hall–Kier alpha value is -3.28. The molecule has 1 aromatic heterocycles. The van der Waals surface area contributed by atoms with Crippen molar-refractivity contribution in [3.8, 4) is 5.75 Å². The van der Waals surface area contributed by atoms with Crippen LogP contribution >= 0.6 is 0 Å². The molecule has 8 rings (SSSR count). The Labute approximate surface area is 291 Å². The highest BCUT2D eigenvalue weighted by Crippen LogP contribution is 2.42. The maximum Gasteiger partial charge on any atom is 0.249 e. The van der Waals surface area contributed by atoms with Gasteiger partial charge in [0.15, 0.2) is 11.6 Å². The largest absolute Gasteiger partial charge is 0.491 e. The zero-order chi connectivity index (χ0) is 33.8. The number of likely N-dealkylation sites (N-methyl/N-ethyl adjacent to an activating group) is 1. The zero-order valence-corrected chi connectivity index (χ0v) is 29.8. The van der Waals surface area contributed by atoms with E-state index >= 15 is 0 Å². The predicted molar refractivity (Wildman–Crippen MR) is 192 cm³/mol. The maximum absolute atomic E-state index is 13.7. The van der Waals surface area contributed by atoms with Crippen LogP contribution in [0.25, 0.3) is 0 Å². The van der Waals surface area contributed by atoms with Crippen LogP contribution in [0.1, 0.15) is 88.1 Å². The van der Waals surface area contributed by atoms with Crippen LogP contribution in [0.3, 0.4) is 0 Å². The van der Waals surface area contributed by atoms with Crippen molar-refractivity contribution in [2.24, 2.45) is 11.8 Å². The third-order valence-electron chi connectivity index (χ3n) is 12.2. The standard InChI is InChI=1S/C38H54N8O3/c1-5-31-37(48)43(4)32-21-39-38(42-36(32)46(31)23(2)3)41-29-13-12-27(28-14-19-49-35(28)29)33(47)20-30-34(40-30)25-8-10-26(11-9-25)45-17-15-44(16-18-45)22-24-6-7-24/h12-13,21,23-26,30-31,34,40H,5-11,14-20,22H2,1-4H3,(H,39,41,42). The SMILES string of the molecule is CCC1C(=O)N(C)c2cnc(Nc3ccc(C(=O)CC4NC4C4CCC(N5CCN(CC6CC6)CC5)CC4)c4c3OCC4)nc2N1C(C)C. The number of carbonyl (C=O) groups excluding carboxylic acids is 2. The fourth-order valence-electron chi connectivity index (χ4n) is 9.17. The summed E-state index contributed by atoms with van der Waals surface area (Å²) in [6.07, 6.45) is 11.7. The number of anilines is 4. The van der Waals surface area contributed by atoms with Crippen LogP contribution in [0.5, 0.6) is 5.75 Å². The molecule has 0 spiro atoms. The molecule has 4 fully saturated rings. The average molecular weight is 671 g/mol. The molecule has 11 heteroatoms. The number of benzene rings is 1. The third-order valence-corrected chi connectivity index (χ3v) is 12.2. The van der Waals surface area contributed by atoms with Gasteiger partial charge in [0.2, 0.25) is 11.9 Å². The van der Waals surface area contributed by atoms with E-state index in [2.05, 4.69) is 44.2 Å². The van der Waals surface area contributed by atoms with Crippen molar-refractivity contribution in [2.45, 2.75) is 109 Å². The molecule has 3 atom stereocenters. The molecular weight excluding hydrogens is 616 g/mol. The summed E-state index contributed by atoms with van der Waals surface area (Å²) in [6.45, 7) is 13.0. The van der Waals surface area contributed by atoms with Crippen LogP contribution in [0.2, 0.25) is 0 Å². The molecule has 0 bridgehead atoms. The molecule has 5 heterocycles. The molecule has 2 N–H and O–H groups in total. The van der Waals surface area contributed by atoms with Crippen LogP contribution < -0.4 is 25.2 Å². The number of Topliss-reactive ketones (excluding diaryl/α,β-unsaturated/α-hetero) is 1. The summed E-state index contributed by atoms with van der Waals surface area (Å²) in [4.78, 5) is 45.4. The number of piperazine rings is 1. The van der Waals surface area contributed by atoms with Gasteiger partial charge < -0.3 is 30.1 Å². The quantitative estimate of drug-likeness (QED) is 0.259. The number of nitrogens with zero attached hydrogens (tertiary/aromatic N) is 6. The van der Waals surface area contributed by atoms with E-state index in [-0.39, 0.29) is 29.8 Å². The molecule has 3 unspecified atom stereocenters. The summed E-state index contributed by atoms with van der Waals surface area (Å²) >= 11 is 0. The second kappa shape index (κ2) is 13.5. The van der Waals surface area contributed by atoms with Crippen molar-refractivity contribution in [1.29, 1.82) is 0 Å². The van der Waals surface area contributed by atoms with E-state index in [0.717, 1.165) is 40.3 Å². The Balaban J connectivity index is 0.877. The summed E-state index contributed by atoms with van der Waals surface area (Å²) in [5, 5.41) is 7.07. The van der Waals surface area contributed by atoms with E-state index in [9.17, 15) is 9.59 Å². The summed E-state index contributed by atoms with van der Waals surface area (Å²) in [5.74, 6) is 3.83. The van der Waals surface area contributed by atoms with Gasteiger partial charge >= 0.3 is 0 Å². The lowest BCUT2D eigenvalue weighted by molar-refractivity contribution is -0.120. The van der Waals surface area contributed by atoms with Crippen LogP contribution in [-0.4, -0.2) is 108 Å². The maximum atomic E-state index is 13.7. The third kappa shape index (κ3) is 6.54. The van der Waals surface area contributed by atoms with Crippen molar-refractivity contribution < 1.29 is 14.3 Å². The molecule has 2 aromatic rings. The Morgan fingerprint density at radius 3 is 2.57 bits per heavy atom. The minimum atomic E-state index is -0.267. The molecule has 2 aliphatic carbocycles. The molecule has 264 valence electrons. The number of nitrogens with one attached hydrogen (secondary N) is 2. The number of fused-ring (bicyclic) bond motifs is 2. The zero-order valence-electron chi connectivity index (χ0n) is 29.8. The molecule has 1 aromatic carbocycles. The van der Waals surface area contributed by atoms with Crippen LogP contribution in [-0.2, 0) is 11.2 Å². The van der Waals surface area contributed by atoms with E-state index in [4.69, 9.17) is 9.72 Å². The van der Waals surface area contributed by atoms with Crippen LogP contribution in [0, 0.1) is 11.8 Å². The first kappa shape index (κ1) is 32.9. The first-order chi connectivity index (χ1) is 23.8. The molecule has 4 aliphatic heterocycles. The monoisotopic (exact) mass is 670 g/mol. The van der Waals surface area contributed by atoms with Gasteiger partial charge in [-0.3, -0.25) is 14.5 Å². The van der Waals surface area contributed by atoms with E-state index in [1.165, 1.54) is 71.2 Å². The van der Waals surface area contributed by atoms with Crippen molar-refractivity contribution in [3.63, 3.8) is 0 Å². The van der Waals surface area contributed by atoms with Gasteiger partial charge in [0.25, 0.3) is 0 Å². The van der Waals surface area contributed by atoms with Crippen molar-refractivity contribution in [2.75, 3.05) is 61.5 Å². The van der Waals surface area contributed by atoms with E-state index in [1.54, 1.807) is 18.1 Å². The van der Waals surface area contributed by atoms with Gasteiger partial charge in [-0.05, 0) is 82.8 Å². The van der Waals surface area contributed by atoms with Crippen molar-refractivity contribution >= 4 is 34.8 Å². The van der Waals surface area contributed by atoms with Crippen LogP contribution in [0.15, 0.2) is 18.3 Å². The second-order valence-corrected chi connectivity index (χ2v) is 15.7. The number of rotatable bonds is 11. The highest BCUT2D eigenvalue weighted by molar-refractivity contribution is 6.04. The van der Waals surface area contributed by atoms with Gasteiger partial charge in [0, 0.05) is 87.9 Å². The van der Waals surface area contributed by atoms with Gasteiger partial charge in [-0.15, -0.1) is 0 Å². The Bertz CT molecular complexity index is 1560. The smallest absolute Gasteiger partial charge is 0.249 e. The number of aromatic nitrogens is 2. The number of ether oxygens (including phenoxy) is 1. The molecular formula is C38H54N8O3. The minimum Gasteiger partial charge on any atom is -0.491 e. The lowest BCUT2D eigenvalue weighted by atomic mass is 9.81. The molecule has 49 heavy (non-hydrogen) atoms. The summed E-state index contributed by atoms with van der Waals surface area (Å²) in [7, 11) is 1.79. The van der Waals surface area contributed by atoms with Gasteiger partial charge in [-0.1, -0.05) is 6.92 Å². The van der Waals surface area contributed by atoms with Gasteiger partial charge in [-0.25, -0.2) is 4.98 Å². The number of carbonyl (C=O) groups is 2. The average Bonchev–Trinajstić information content (AvgIpc) is 4.03. The van der Waals surface area contributed by atoms with E-state index in [0.29, 0.717) is 49.5 Å².